The van der Waals surface area contributed by atoms with Crippen LogP contribution in [0.1, 0.15) is 5.56 Å². The molecule has 0 amide bonds. The summed E-state index contributed by atoms with van der Waals surface area (Å²) in [6, 6.07) is 0. The summed E-state index contributed by atoms with van der Waals surface area (Å²) in [5.74, 6) is -5.40. The highest BCUT2D eigenvalue weighted by molar-refractivity contribution is 9.10. The highest BCUT2D eigenvalue weighted by Gasteiger charge is 2.24. The number of rotatable bonds is 3. The highest BCUT2D eigenvalue weighted by atomic mass is 79.9. The first kappa shape index (κ1) is 14.7. The first-order chi connectivity index (χ1) is 9.02. The maximum absolute atomic E-state index is 13.6. The number of hydrogen-bond acceptors (Lipinski definition) is 2. The van der Waals surface area contributed by atoms with Crippen LogP contribution in [0.5, 0.6) is 0 Å². The van der Waals surface area contributed by atoms with Gasteiger partial charge in [-0.2, -0.15) is 0 Å². The van der Waals surface area contributed by atoms with Crippen molar-refractivity contribution in [1.82, 2.24) is 10.2 Å². The number of hydrogen-bond donors (Lipinski definition) is 1. The zero-order valence-electron chi connectivity index (χ0n) is 10.1. The van der Waals surface area contributed by atoms with Gasteiger partial charge in [0.05, 0.1) is 4.47 Å². The summed E-state index contributed by atoms with van der Waals surface area (Å²) < 4.78 is 53.1. The molecule has 0 aliphatic carbocycles. The summed E-state index contributed by atoms with van der Waals surface area (Å²) in [5.41, 5.74) is -0.531. The van der Waals surface area contributed by atoms with Crippen LogP contribution >= 0.6 is 15.9 Å². The third-order valence-corrected chi connectivity index (χ3v) is 3.88. The molecule has 0 unspecified atom stereocenters. The molecule has 2 nitrogen and oxygen atoms in total. The lowest BCUT2D eigenvalue weighted by Crippen LogP contribution is -2.44. The van der Waals surface area contributed by atoms with Crippen molar-refractivity contribution in [2.75, 3.05) is 32.7 Å². The van der Waals surface area contributed by atoms with E-state index in [-0.39, 0.29) is 6.42 Å². The molecule has 1 saturated heterocycles. The van der Waals surface area contributed by atoms with E-state index in [1.807, 2.05) is 4.90 Å². The Morgan fingerprint density at radius 1 is 0.947 bits per heavy atom. The SMILES string of the molecule is Fc1c(F)c(CCN2CCNCC2)c(F)c(F)c1Br. The molecule has 1 aliphatic rings. The predicted molar refractivity (Wildman–Crippen MR) is 67.0 cm³/mol. The summed E-state index contributed by atoms with van der Waals surface area (Å²) in [6.07, 6.45) is -0.0568. The molecule has 7 heteroatoms. The molecule has 2 rings (SSSR count). The smallest absolute Gasteiger partial charge is 0.176 e. The molecular weight excluding hydrogens is 328 g/mol. The lowest BCUT2D eigenvalue weighted by atomic mass is 10.1. The third-order valence-electron chi connectivity index (χ3n) is 3.19. The van der Waals surface area contributed by atoms with Gasteiger partial charge in [0, 0.05) is 38.3 Å². The summed E-state index contributed by atoms with van der Waals surface area (Å²) in [6.45, 7) is 3.48. The fraction of sp³-hybridized carbons (Fsp3) is 0.500. The van der Waals surface area contributed by atoms with Crippen LogP contribution in [0.15, 0.2) is 4.47 Å². The van der Waals surface area contributed by atoms with Crippen molar-refractivity contribution in [2.45, 2.75) is 6.42 Å². The molecule has 0 spiro atoms. The molecule has 0 atom stereocenters. The molecule has 1 fully saturated rings. The Morgan fingerprint density at radius 2 is 1.47 bits per heavy atom. The van der Waals surface area contributed by atoms with Crippen LogP contribution in [0.3, 0.4) is 0 Å². The molecule has 1 heterocycles. The lowest BCUT2D eigenvalue weighted by molar-refractivity contribution is 0.241. The highest BCUT2D eigenvalue weighted by Crippen LogP contribution is 2.28. The monoisotopic (exact) mass is 340 g/mol. The quantitative estimate of drug-likeness (QED) is 0.516. The maximum Gasteiger partial charge on any atom is 0.176 e. The van der Waals surface area contributed by atoms with E-state index in [4.69, 9.17) is 0 Å². The van der Waals surface area contributed by atoms with Gasteiger partial charge in [-0.05, 0) is 22.4 Å². The van der Waals surface area contributed by atoms with Crippen LogP contribution in [0, 0.1) is 23.3 Å². The summed E-state index contributed by atoms with van der Waals surface area (Å²) in [7, 11) is 0. The van der Waals surface area contributed by atoms with Gasteiger partial charge >= 0.3 is 0 Å². The molecule has 0 bridgehead atoms. The van der Waals surface area contributed by atoms with E-state index >= 15 is 0 Å². The van der Waals surface area contributed by atoms with Crippen molar-refractivity contribution < 1.29 is 17.6 Å². The van der Waals surface area contributed by atoms with Crippen molar-refractivity contribution in [3.05, 3.63) is 33.3 Å². The largest absolute Gasteiger partial charge is 0.314 e. The Balaban J connectivity index is 2.15. The van der Waals surface area contributed by atoms with Gasteiger partial charge in [-0.1, -0.05) is 0 Å². The second-order valence-corrected chi connectivity index (χ2v) is 5.18. The number of benzene rings is 1. The van der Waals surface area contributed by atoms with Crippen molar-refractivity contribution in [3.8, 4) is 0 Å². The average molecular weight is 341 g/mol. The first-order valence-electron chi connectivity index (χ1n) is 5.95. The number of nitrogens with zero attached hydrogens (tertiary/aromatic N) is 1. The van der Waals surface area contributed by atoms with Crippen molar-refractivity contribution >= 4 is 15.9 Å². The second kappa shape index (κ2) is 6.19. The Labute approximate surface area is 116 Å². The maximum atomic E-state index is 13.6. The minimum atomic E-state index is -1.38. The van der Waals surface area contributed by atoms with Crippen molar-refractivity contribution in [3.63, 3.8) is 0 Å². The fourth-order valence-corrected chi connectivity index (χ4v) is 2.42. The van der Waals surface area contributed by atoms with Crippen LogP contribution in [0.25, 0.3) is 0 Å². The van der Waals surface area contributed by atoms with E-state index in [1.165, 1.54) is 0 Å². The van der Waals surface area contributed by atoms with E-state index < -0.39 is 33.3 Å². The summed E-state index contributed by atoms with van der Waals surface area (Å²) in [5, 5.41) is 3.15. The van der Waals surface area contributed by atoms with E-state index in [2.05, 4.69) is 21.2 Å². The van der Waals surface area contributed by atoms with Gasteiger partial charge in [-0.25, -0.2) is 17.6 Å². The molecular formula is C12H13BrF4N2. The Morgan fingerprint density at radius 3 is 2.00 bits per heavy atom. The first-order valence-corrected chi connectivity index (χ1v) is 6.75. The molecule has 0 saturated carbocycles. The third kappa shape index (κ3) is 3.09. The molecule has 1 aliphatic heterocycles. The van der Waals surface area contributed by atoms with Crippen molar-refractivity contribution in [1.29, 1.82) is 0 Å². The van der Waals surface area contributed by atoms with Gasteiger partial charge in [0.2, 0.25) is 0 Å². The molecule has 1 aromatic carbocycles. The zero-order chi connectivity index (χ0) is 14.0. The predicted octanol–water partition coefficient (Wildman–Crippen LogP) is 2.45. The summed E-state index contributed by atoms with van der Waals surface area (Å²) in [4.78, 5) is 1.99. The molecule has 19 heavy (non-hydrogen) atoms. The topological polar surface area (TPSA) is 15.3 Å². The minimum absolute atomic E-state index is 0.0568. The van der Waals surface area contributed by atoms with Gasteiger partial charge in [0.1, 0.15) is 0 Å². The van der Waals surface area contributed by atoms with E-state index in [9.17, 15) is 17.6 Å². The lowest BCUT2D eigenvalue weighted by Gasteiger charge is -2.27. The molecule has 0 radical (unpaired) electrons. The molecule has 106 valence electrons. The van der Waals surface area contributed by atoms with Crippen LogP contribution in [-0.2, 0) is 6.42 Å². The molecule has 1 N–H and O–H groups in total. The zero-order valence-corrected chi connectivity index (χ0v) is 11.7. The molecule has 1 aromatic rings. The molecule has 0 aromatic heterocycles. The standard InChI is InChI=1S/C12H13BrF4N2/c13-8-11(16)9(14)7(10(15)12(8)17)1-4-19-5-2-18-3-6-19/h18H,1-6H2. The van der Waals surface area contributed by atoms with Crippen LogP contribution in [0.4, 0.5) is 17.6 Å². The van der Waals surface area contributed by atoms with Gasteiger partial charge < -0.3 is 10.2 Å². The fourth-order valence-electron chi connectivity index (χ4n) is 2.07. The Hall–Kier alpha value is -0.660. The van der Waals surface area contributed by atoms with Gasteiger partial charge in [-0.3, -0.25) is 0 Å². The van der Waals surface area contributed by atoms with Crippen LogP contribution in [0.2, 0.25) is 0 Å². The van der Waals surface area contributed by atoms with Crippen LogP contribution < -0.4 is 5.32 Å². The minimum Gasteiger partial charge on any atom is -0.314 e. The number of halogens is 5. The van der Waals surface area contributed by atoms with Gasteiger partial charge in [-0.15, -0.1) is 0 Å². The number of piperazine rings is 1. The second-order valence-electron chi connectivity index (χ2n) is 4.39. The van der Waals surface area contributed by atoms with Crippen molar-refractivity contribution in [2.24, 2.45) is 0 Å². The van der Waals surface area contributed by atoms with Gasteiger partial charge in [0.15, 0.2) is 23.3 Å². The van der Waals surface area contributed by atoms with E-state index in [0.717, 1.165) is 26.2 Å². The van der Waals surface area contributed by atoms with Gasteiger partial charge in [0.25, 0.3) is 0 Å². The Bertz CT molecular complexity index is 446. The normalized spacial score (nSPS) is 16.9. The van der Waals surface area contributed by atoms with E-state index in [0.29, 0.717) is 6.54 Å². The van der Waals surface area contributed by atoms with Crippen LogP contribution in [-0.4, -0.2) is 37.6 Å². The number of nitrogens with one attached hydrogen (secondary N) is 1. The average Bonchev–Trinajstić information content (AvgIpc) is 2.44. The Kier molecular flexibility index (Phi) is 4.81. The summed E-state index contributed by atoms with van der Waals surface area (Å²) >= 11 is 2.49. The van der Waals surface area contributed by atoms with E-state index in [1.54, 1.807) is 0 Å².